The molecule has 12 nitrogen and oxygen atoms in total. The number of amides is 2. The maximum Gasteiger partial charge on any atom is 0.255 e. The van der Waals surface area contributed by atoms with Gasteiger partial charge < -0.3 is 29.5 Å². The summed E-state index contributed by atoms with van der Waals surface area (Å²) in [6.07, 6.45) is 2.61. The smallest absolute Gasteiger partial charge is 0.255 e. The molecule has 0 radical (unpaired) electrons. The molecule has 4 heterocycles. The Hall–Kier alpha value is -5.91. The summed E-state index contributed by atoms with van der Waals surface area (Å²) in [7, 11) is 1.55. The number of carbonyl (C=O) groups is 2. The van der Waals surface area contributed by atoms with Crippen LogP contribution in [0.5, 0.6) is 28.7 Å². The highest BCUT2D eigenvalue weighted by Crippen LogP contribution is 2.43. The number of carbonyl (C=O) groups excluding carboxylic acids is 2. The van der Waals surface area contributed by atoms with E-state index < -0.39 is 11.9 Å². The van der Waals surface area contributed by atoms with E-state index in [9.17, 15) is 14.7 Å². The number of nitrogens with one attached hydrogen (secondary N) is 1. The van der Waals surface area contributed by atoms with E-state index in [1.54, 1.807) is 25.3 Å². The van der Waals surface area contributed by atoms with Crippen LogP contribution in [0.15, 0.2) is 85.2 Å². The molecule has 8 bridgehead atoms. The molecule has 46 heavy (non-hydrogen) atoms. The first-order valence-corrected chi connectivity index (χ1v) is 14.9. The molecule has 0 saturated heterocycles. The van der Waals surface area contributed by atoms with Crippen LogP contribution in [-0.4, -0.2) is 68.8 Å². The molecule has 0 spiro atoms. The van der Waals surface area contributed by atoms with E-state index >= 15 is 0 Å². The third-order valence-corrected chi connectivity index (χ3v) is 8.13. The molecule has 3 aliphatic rings. The summed E-state index contributed by atoms with van der Waals surface area (Å²) in [6.45, 7) is 1.15. The average Bonchev–Trinajstić information content (AvgIpc) is 3.63. The second kappa shape index (κ2) is 12.2. The number of hydrogen-bond acceptors (Lipinski definition) is 9. The minimum absolute atomic E-state index is 0.101. The first kappa shape index (κ1) is 28.8. The number of fused-ring (bicyclic) bond motifs is 6. The Labute approximate surface area is 264 Å². The summed E-state index contributed by atoms with van der Waals surface area (Å²) in [5, 5.41) is 24.5. The number of tetrazole rings is 1. The molecule has 8 rings (SSSR count). The van der Waals surface area contributed by atoms with E-state index in [-0.39, 0.29) is 17.2 Å². The van der Waals surface area contributed by atoms with Gasteiger partial charge in [0, 0.05) is 18.7 Å². The summed E-state index contributed by atoms with van der Waals surface area (Å²) < 4.78 is 19.6. The highest BCUT2D eigenvalue weighted by molar-refractivity contribution is 5.97. The number of phenolic OH excluding ortho intramolecular Hbond substituents is 1. The number of phenols is 1. The molecule has 1 aromatic heterocycles. The quantitative estimate of drug-likeness (QED) is 0.300. The number of benzene rings is 4. The standard InChI is InChI=1S/C34H30N6O6/c1-44-30-19-27-22-12-14-39(34(43)21-6-8-24(9-7-21)40-20-36-37-38-40)32(27)23-4-2-5-25(16-23)45-15-3-13-35-33(42)28-18-26(10-11-29(28)41)46-31(30)17-22/h2,4-11,16-20,32,41H,3,12-15H2,1H3,(H,35,42). The zero-order valence-electron chi connectivity index (χ0n) is 24.9. The minimum atomic E-state index is -0.444. The van der Waals surface area contributed by atoms with Crippen molar-refractivity contribution in [1.82, 2.24) is 30.4 Å². The number of aromatic hydroxyl groups is 1. The Morgan fingerprint density at radius 3 is 2.72 bits per heavy atom. The molecule has 1 unspecified atom stereocenters. The summed E-state index contributed by atoms with van der Waals surface area (Å²) >= 11 is 0. The highest BCUT2D eigenvalue weighted by atomic mass is 16.5. The van der Waals surface area contributed by atoms with Crippen molar-refractivity contribution in [2.24, 2.45) is 0 Å². The Bertz CT molecular complexity index is 1910. The van der Waals surface area contributed by atoms with Crippen molar-refractivity contribution in [3.63, 3.8) is 0 Å². The molecule has 0 aliphatic carbocycles. The Morgan fingerprint density at radius 1 is 1.04 bits per heavy atom. The van der Waals surface area contributed by atoms with Gasteiger partial charge >= 0.3 is 0 Å². The number of nitrogens with zero attached hydrogens (tertiary/aromatic N) is 5. The first-order chi connectivity index (χ1) is 22.5. The van der Waals surface area contributed by atoms with Crippen LogP contribution in [0.3, 0.4) is 0 Å². The van der Waals surface area contributed by atoms with E-state index in [4.69, 9.17) is 14.2 Å². The molecule has 0 saturated carbocycles. The van der Waals surface area contributed by atoms with Gasteiger partial charge in [0.1, 0.15) is 23.6 Å². The van der Waals surface area contributed by atoms with Crippen molar-refractivity contribution >= 4 is 11.8 Å². The topological polar surface area (TPSA) is 141 Å². The summed E-state index contributed by atoms with van der Waals surface area (Å²) in [4.78, 5) is 28.9. The van der Waals surface area contributed by atoms with E-state index in [0.717, 1.165) is 22.4 Å². The molecule has 232 valence electrons. The van der Waals surface area contributed by atoms with Crippen molar-refractivity contribution in [3.8, 4) is 34.4 Å². The van der Waals surface area contributed by atoms with Gasteiger partial charge in [-0.05, 0) is 107 Å². The van der Waals surface area contributed by atoms with Crippen LogP contribution in [0, 0.1) is 0 Å². The van der Waals surface area contributed by atoms with Gasteiger partial charge in [-0.25, -0.2) is 4.68 Å². The number of hydrogen-bond donors (Lipinski definition) is 2. The molecule has 12 heteroatoms. The maximum absolute atomic E-state index is 14.2. The van der Waals surface area contributed by atoms with E-state index in [2.05, 4.69) is 20.8 Å². The van der Waals surface area contributed by atoms with Crippen molar-refractivity contribution < 1.29 is 28.9 Å². The number of ether oxygens (including phenoxy) is 3. The van der Waals surface area contributed by atoms with Gasteiger partial charge in [-0.2, -0.15) is 0 Å². The van der Waals surface area contributed by atoms with Crippen LogP contribution in [0.4, 0.5) is 0 Å². The van der Waals surface area contributed by atoms with Crippen LogP contribution in [0.2, 0.25) is 0 Å². The summed E-state index contributed by atoms with van der Waals surface area (Å²) in [5.74, 6) is 1.23. The van der Waals surface area contributed by atoms with Crippen molar-refractivity contribution in [2.45, 2.75) is 18.9 Å². The van der Waals surface area contributed by atoms with Gasteiger partial charge in [0.25, 0.3) is 11.8 Å². The lowest BCUT2D eigenvalue weighted by Gasteiger charge is -2.38. The molecule has 4 aromatic carbocycles. The molecule has 5 aromatic rings. The van der Waals surface area contributed by atoms with Crippen molar-refractivity contribution in [1.29, 1.82) is 0 Å². The molecule has 2 N–H and O–H groups in total. The highest BCUT2D eigenvalue weighted by Gasteiger charge is 2.34. The zero-order valence-corrected chi connectivity index (χ0v) is 24.9. The fraction of sp³-hybridized carbons (Fsp3) is 0.206. The summed E-state index contributed by atoms with van der Waals surface area (Å²) in [6, 6.07) is 22.8. The van der Waals surface area contributed by atoms with Gasteiger partial charge in [0.2, 0.25) is 0 Å². The van der Waals surface area contributed by atoms with Gasteiger partial charge in [-0.15, -0.1) is 5.10 Å². The first-order valence-electron chi connectivity index (χ1n) is 14.9. The third-order valence-electron chi connectivity index (χ3n) is 8.13. The van der Waals surface area contributed by atoms with Crippen LogP contribution >= 0.6 is 0 Å². The molecular formula is C34H30N6O6. The SMILES string of the molecule is COc1cc2c3cc1Oc1ccc(O)c(c1)C(=O)NCCCOc1cccc(c1)C2N(C(=O)c1ccc(-n2cnnn2)cc1)CC3. The normalized spacial score (nSPS) is 16.0. The molecular weight excluding hydrogens is 588 g/mol. The minimum Gasteiger partial charge on any atom is -0.507 e. The van der Waals surface area contributed by atoms with Crippen molar-refractivity contribution in [3.05, 3.63) is 113 Å². The molecule has 0 fully saturated rings. The Morgan fingerprint density at radius 2 is 1.91 bits per heavy atom. The van der Waals surface area contributed by atoms with Gasteiger partial charge in [0.05, 0.1) is 31.0 Å². The predicted molar refractivity (Wildman–Crippen MR) is 166 cm³/mol. The average molecular weight is 619 g/mol. The third kappa shape index (κ3) is 5.56. The van der Waals surface area contributed by atoms with Gasteiger partial charge in [0.15, 0.2) is 11.5 Å². The zero-order chi connectivity index (χ0) is 31.6. The van der Waals surface area contributed by atoms with E-state index in [1.165, 1.54) is 23.1 Å². The van der Waals surface area contributed by atoms with Crippen LogP contribution in [-0.2, 0) is 6.42 Å². The number of rotatable bonds is 3. The lowest BCUT2D eigenvalue weighted by molar-refractivity contribution is 0.0693. The van der Waals surface area contributed by atoms with Crippen LogP contribution in [0.25, 0.3) is 5.69 Å². The van der Waals surface area contributed by atoms with Crippen LogP contribution in [0.1, 0.15) is 49.9 Å². The van der Waals surface area contributed by atoms with E-state index in [1.807, 2.05) is 53.4 Å². The van der Waals surface area contributed by atoms with Crippen LogP contribution < -0.4 is 19.5 Å². The molecule has 1 atom stereocenters. The maximum atomic E-state index is 14.2. The Kier molecular flexibility index (Phi) is 7.67. The monoisotopic (exact) mass is 618 g/mol. The van der Waals surface area contributed by atoms with Crippen molar-refractivity contribution in [2.75, 3.05) is 26.8 Å². The second-order valence-electron chi connectivity index (χ2n) is 11.0. The number of aromatic nitrogens is 4. The lowest BCUT2D eigenvalue weighted by atomic mass is 9.87. The number of methoxy groups -OCH3 is 1. The predicted octanol–water partition coefficient (Wildman–Crippen LogP) is 4.47. The van der Waals surface area contributed by atoms with Gasteiger partial charge in [-0.1, -0.05) is 12.1 Å². The Balaban J connectivity index is 1.31. The molecule has 2 amide bonds. The largest absolute Gasteiger partial charge is 0.507 e. The van der Waals surface area contributed by atoms with Gasteiger partial charge in [-0.3, -0.25) is 9.59 Å². The fourth-order valence-electron chi connectivity index (χ4n) is 5.87. The molecule has 3 aliphatic heterocycles. The lowest BCUT2D eigenvalue weighted by Crippen LogP contribution is -2.40. The summed E-state index contributed by atoms with van der Waals surface area (Å²) in [5.41, 5.74) is 4.14. The van der Waals surface area contributed by atoms with E-state index in [0.29, 0.717) is 61.1 Å². The second-order valence-corrected chi connectivity index (χ2v) is 11.0. The fourth-order valence-corrected chi connectivity index (χ4v) is 5.87.